The summed E-state index contributed by atoms with van der Waals surface area (Å²) in [6, 6.07) is 10.2. The molecule has 5 rings (SSSR count). The van der Waals surface area contributed by atoms with Crippen molar-refractivity contribution in [1.29, 1.82) is 0 Å². The van der Waals surface area contributed by atoms with Gasteiger partial charge in [-0.3, -0.25) is 9.59 Å². The number of fused-ring (bicyclic) bond motifs is 2. The van der Waals surface area contributed by atoms with E-state index in [0.29, 0.717) is 47.4 Å². The fourth-order valence-electron chi connectivity index (χ4n) is 4.89. The zero-order chi connectivity index (χ0) is 27.7. The first kappa shape index (κ1) is 26.1. The van der Waals surface area contributed by atoms with Crippen LogP contribution >= 0.6 is 0 Å². The van der Waals surface area contributed by atoms with E-state index >= 15 is 0 Å². The number of rotatable bonds is 8. The standard InChI is InChI=1S/C28H30FN7O3/c1-30-27(38)25-17(6-5-7-19(25)29)12-20-18-8-10-31-26(18)34-28(32-20)33-21-14-22-16(13-23(21)39-4)9-11-36(22)24(37)15-35(2)3/h5-8,10,13-14H,9,11-12,15H2,1-4H3,(H,30,38)(H2,31,32,33,34). The number of hydrogen-bond donors (Lipinski definition) is 3. The lowest BCUT2D eigenvalue weighted by Crippen LogP contribution is -2.36. The van der Waals surface area contributed by atoms with Gasteiger partial charge in [0.15, 0.2) is 0 Å². The normalized spacial score (nSPS) is 12.6. The fourth-order valence-corrected chi connectivity index (χ4v) is 4.89. The number of methoxy groups -OCH3 is 1. The zero-order valence-corrected chi connectivity index (χ0v) is 22.3. The summed E-state index contributed by atoms with van der Waals surface area (Å²) in [4.78, 5) is 41.4. The molecule has 1 aliphatic rings. The van der Waals surface area contributed by atoms with Crippen LogP contribution in [0.25, 0.3) is 11.0 Å². The zero-order valence-electron chi connectivity index (χ0n) is 22.3. The maximum absolute atomic E-state index is 14.6. The third-order valence-corrected chi connectivity index (χ3v) is 6.70. The average molecular weight is 532 g/mol. The summed E-state index contributed by atoms with van der Waals surface area (Å²) < 4.78 is 20.3. The molecule has 3 N–H and O–H groups in total. The summed E-state index contributed by atoms with van der Waals surface area (Å²) in [6.07, 6.45) is 2.70. The second-order valence-corrected chi connectivity index (χ2v) is 9.60. The number of likely N-dealkylation sites (N-methyl/N-ethyl adjacent to an activating group) is 1. The Bertz CT molecular complexity index is 1570. The molecule has 2 aromatic heterocycles. The molecule has 0 unspecified atom stereocenters. The summed E-state index contributed by atoms with van der Waals surface area (Å²) in [6.45, 7) is 0.910. The van der Waals surface area contributed by atoms with Crippen LogP contribution in [0.5, 0.6) is 5.75 Å². The molecule has 2 amide bonds. The summed E-state index contributed by atoms with van der Waals surface area (Å²) in [5.41, 5.74) is 4.14. The number of hydrogen-bond acceptors (Lipinski definition) is 7. The van der Waals surface area contributed by atoms with E-state index in [1.807, 2.05) is 37.2 Å². The monoisotopic (exact) mass is 531 g/mol. The molecule has 0 bridgehead atoms. The van der Waals surface area contributed by atoms with Crippen molar-refractivity contribution >= 4 is 40.2 Å². The number of anilines is 3. The minimum absolute atomic E-state index is 0.0143. The Morgan fingerprint density at radius 1 is 1.21 bits per heavy atom. The minimum Gasteiger partial charge on any atom is -0.495 e. The number of benzene rings is 2. The molecule has 202 valence electrons. The van der Waals surface area contributed by atoms with Crippen LogP contribution in [0.15, 0.2) is 42.6 Å². The second-order valence-electron chi connectivity index (χ2n) is 9.60. The van der Waals surface area contributed by atoms with Crippen LogP contribution in [0.4, 0.5) is 21.7 Å². The maximum atomic E-state index is 14.6. The van der Waals surface area contributed by atoms with Crippen LogP contribution in [-0.2, 0) is 17.6 Å². The quantitative estimate of drug-likeness (QED) is 0.320. The molecule has 4 aromatic rings. The van der Waals surface area contributed by atoms with Gasteiger partial charge >= 0.3 is 0 Å². The topological polar surface area (TPSA) is 115 Å². The van der Waals surface area contributed by atoms with Gasteiger partial charge < -0.3 is 30.2 Å². The second kappa shape index (κ2) is 10.7. The number of aromatic amines is 1. The van der Waals surface area contributed by atoms with Gasteiger partial charge in [-0.1, -0.05) is 12.1 Å². The van der Waals surface area contributed by atoms with Gasteiger partial charge in [-0.05, 0) is 55.9 Å². The molecular formula is C28H30FN7O3. The van der Waals surface area contributed by atoms with Gasteiger partial charge in [0, 0.05) is 37.3 Å². The van der Waals surface area contributed by atoms with E-state index in [-0.39, 0.29) is 17.9 Å². The third-order valence-electron chi connectivity index (χ3n) is 6.70. The summed E-state index contributed by atoms with van der Waals surface area (Å²) in [5, 5.41) is 6.52. The number of aromatic nitrogens is 3. The molecule has 0 radical (unpaired) electrons. The van der Waals surface area contributed by atoms with Crippen LogP contribution < -0.4 is 20.3 Å². The van der Waals surface area contributed by atoms with Gasteiger partial charge in [0.1, 0.15) is 17.2 Å². The van der Waals surface area contributed by atoms with Crippen molar-refractivity contribution in [3.05, 3.63) is 70.8 Å². The number of nitrogens with zero attached hydrogens (tertiary/aromatic N) is 4. The highest BCUT2D eigenvalue weighted by Gasteiger charge is 2.27. The first-order valence-electron chi connectivity index (χ1n) is 12.6. The van der Waals surface area contributed by atoms with Gasteiger partial charge in [-0.25, -0.2) is 9.37 Å². The number of carbonyl (C=O) groups is 2. The first-order valence-corrected chi connectivity index (χ1v) is 12.6. The SMILES string of the molecule is CNC(=O)c1c(F)cccc1Cc1nc(Nc2cc3c(cc2OC)CCN3C(=O)CN(C)C)nc2[nH]ccc12. The Hall–Kier alpha value is -4.51. The predicted octanol–water partition coefficient (Wildman–Crippen LogP) is 3.25. The number of amides is 2. The Morgan fingerprint density at radius 3 is 2.77 bits per heavy atom. The van der Waals surface area contributed by atoms with Crippen molar-refractivity contribution in [2.75, 3.05) is 51.6 Å². The maximum Gasteiger partial charge on any atom is 0.254 e. The lowest BCUT2D eigenvalue weighted by molar-refractivity contribution is -0.119. The predicted molar refractivity (Wildman–Crippen MR) is 147 cm³/mol. The average Bonchev–Trinajstić information content (AvgIpc) is 3.54. The van der Waals surface area contributed by atoms with Crippen molar-refractivity contribution in [1.82, 2.24) is 25.2 Å². The van der Waals surface area contributed by atoms with Gasteiger partial charge in [-0.15, -0.1) is 0 Å². The van der Waals surface area contributed by atoms with Crippen LogP contribution in [0, 0.1) is 5.82 Å². The Kier molecular flexibility index (Phi) is 7.16. The van der Waals surface area contributed by atoms with Crippen LogP contribution in [0.2, 0.25) is 0 Å². The van der Waals surface area contributed by atoms with E-state index in [2.05, 4.69) is 20.6 Å². The minimum atomic E-state index is -0.596. The van der Waals surface area contributed by atoms with E-state index in [1.54, 1.807) is 30.3 Å². The largest absolute Gasteiger partial charge is 0.495 e. The highest BCUT2D eigenvalue weighted by Crippen LogP contribution is 2.38. The highest BCUT2D eigenvalue weighted by molar-refractivity contribution is 5.98. The van der Waals surface area contributed by atoms with E-state index in [1.165, 1.54) is 13.1 Å². The lowest BCUT2D eigenvalue weighted by Gasteiger charge is -2.21. The number of ether oxygens (including phenoxy) is 1. The van der Waals surface area contributed by atoms with Gasteiger partial charge in [-0.2, -0.15) is 4.98 Å². The molecule has 10 nitrogen and oxygen atoms in total. The number of carbonyl (C=O) groups excluding carboxylic acids is 2. The first-order chi connectivity index (χ1) is 18.8. The Morgan fingerprint density at radius 2 is 2.03 bits per heavy atom. The summed E-state index contributed by atoms with van der Waals surface area (Å²) >= 11 is 0. The lowest BCUT2D eigenvalue weighted by atomic mass is 10.0. The summed E-state index contributed by atoms with van der Waals surface area (Å²) in [7, 11) is 6.78. The molecule has 39 heavy (non-hydrogen) atoms. The molecule has 3 heterocycles. The molecule has 0 atom stereocenters. The molecule has 11 heteroatoms. The van der Waals surface area contributed by atoms with Crippen LogP contribution in [0.1, 0.15) is 27.2 Å². The third kappa shape index (κ3) is 5.13. The van der Waals surface area contributed by atoms with E-state index in [4.69, 9.17) is 9.72 Å². The Labute approximate surface area is 225 Å². The van der Waals surface area contributed by atoms with Crippen molar-refractivity contribution in [2.24, 2.45) is 0 Å². The number of halogens is 1. The summed E-state index contributed by atoms with van der Waals surface area (Å²) in [5.74, 6) is -0.194. The molecule has 1 aliphatic heterocycles. The van der Waals surface area contributed by atoms with E-state index in [9.17, 15) is 14.0 Å². The van der Waals surface area contributed by atoms with E-state index in [0.717, 1.165) is 23.1 Å². The van der Waals surface area contributed by atoms with Crippen molar-refractivity contribution in [2.45, 2.75) is 12.8 Å². The molecule has 0 aliphatic carbocycles. The van der Waals surface area contributed by atoms with Crippen molar-refractivity contribution < 1.29 is 18.7 Å². The van der Waals surface area contributed by atoms with Gasteiger partial charge in [0.25, 0.3) is 5.91 Å². The Balaban J connectivity index is 1.52. The molecule has 0 saturated carbocycles. The van der Waals surface area contributed by atoms with E-state index < -0.39 is 11.7 Å². The molecular weight excluding hydrogens is 501 g/mol. The van der Waals surface area contributed by atoms with Gasteiger partial charge in [0.05, 0.1) is 30.6 Å². The molecule has 0 saturated heterocycles. The fraction of sp³-hybridized carbons (Fsp3) is 0.286. The smallest absolute Gasteiger partial charge is 0.254 e. The highest BCUT2D eigenvalue weighted by atomic mass is 19.1. The van der Waals surface area contributed by atoms with Crippen LogP contribution in [0.3, 0.4) is 0 Å². The van der Waals surface area contributed by atoms with Gasteiger partial charge in [0.2, 0.25) is 11.9 Å². The number of nitrogens with one attached hydrogen (secondary N) is 3. The van der Waals surface area contributed by atoms with Crippen LogP contribution in [-0.4, -0.2) is 73.0 Å². The molecule has 0 fully saturated rings. The number of H-pyrrole nitrogens is 1. The molecule has 2 aromatic carbocycles. The van der Waals surface area contributed by atoms with Crippen molar-refractivity contribution in [3.63, 3.8) is 0 Å². The molecule has 0 spiro atoms. The van der Waals surface area contributed by atoms with Crippen molar-refractivity contribution in [3.8, 4) is 5.75 Å².